The van der Waals surface area contributed by atoms with E-state index < -0.39 is 7.71 Å². The Bertz CT molecular complexity index is 832. The van der Waals surface area contributed by atoms with Crippen LogP contribution >= 0.6 is 7.71 Å². The molecule has 1 heterocycles. The van der Waals surface area contributed by atoms with Gasteiger partial charge in [-0.25, -0.2) is 4.90 Å². The lowest BCUT2D eigenvalue weighted by Crippen LogP contribution is -2.52. The van der Waals surface area contributed by atoms with Crippen molar-refractivity contribution in [3.63, 3.8) is 0 Å². The maximum Gasteiger partial charge on any atom is 0.252 e. The highest BCUT2D eigenvalue weighted by Gasteiger charge is 2.72. The van der Waals surface area contributed by atoms with Crippen molar-refractivity contribution in [1.29, 1.82) is 0 Å². The lowest BCUT2D eigenvalue weighted by molar-refractivity contribution is 0.172. The van der Waals surface area contributed by atoms with Crippen molar-refractivity contribution in [2.75, 3.05) is 14.1 Å². The fourth-order valence-electron chi connectivity index (χ4n) is 6.36. The van der Waals surface area contributed by atoms with Crippen molar-refractivity contribution in [2.24, 2.45) is 0 Å². The van der Waals surface area contributed by atoms with Crippen molar-refractivity contribution in [2.45, 2.75) is 91.5 Å². The van der Waals surface area contributed by atoms with Gasteiger partial charge in [0.2, 0.25) is 0 Å². The first-order chi connectivity index (χ1) is 15.6. The summed E-state index contributed by atoms with van der Waals surface area (Å²) in [5, 5.41) is 0. The lowest BCUT2D eigenvalue weighted by Gasteiger charge is -2.51. The number of rotatable bonds is 8. The molecule has 0 N–H and O–H groups in total. The molecule has 1 aliphatic rings. The van der Waals surface area contributed by atoms with Gasteiger partial charge in [0.1, 0.15) is 6.17 Å². The summed E-state index contributed by atoms with van der Waals surface area (Å²) in [7, 11) is 2.66. The largest absolute Gasteiger partial charge is 0.252 e. The molecule has 1 aliphatic heterocycles. The molecule has 5 heteroatoms. The summed E-state index contributed by atoms with van der Waals surface area (Å²) >= 11 is 0. The fraction of sp³-hybridized carbons (Fsp3) is 0.571. The standard InChI is InChI=1S/C28H46N4P/c1-21(2)31(22(3)4)33(32(23(5)6)24(7)8)28(26-19-15-12-16-20-26)29(9)27(30(33)10)25-17-13-11-14-18-25/h11-24,27-28H,1-10H3/q+1. The van der Waals surface area contributed by atoms with Crippen molar-refractivity contribution in [3.8, 4) is 0 Å². The Labute approximate surface area is 204 Å². The molecule has 0 radical (unpaired) electrons. The monoisotopic (exact) mass is 469 g/mol. The molecule has 1 fully saturated rings. The third-order valence-electron chi connectivity index (χ3n) is 6.91. The quantitative estimate of drug-likeness (QED) is 0.377. The Hall–Kier alpha value is -1.29. The van der Waals surface area contributed by atoms with Crippen LogP contribution in [0.5, 0.6) is 0 Å². The molecule has 4 nitrogen and oxygen atoms in total. The van der Waals surface area contributed by atoms with E-state index in [4.69, 9.17) is 0 Å². The van der Waals surface area contributed by atoms with Crippen LogP contribution in [0.2, 0.25) is 0 Å². The molecule has 2 aromatic rings. The maximum atomic E-state index is 2.87. The average Bonchev–Trinajstić information content (AvgIpc) is 2.95. The Morgan fingerprint density at radius 1 is 0.606 bits per heavy atom. The third-order valence-corrected chi connectivity index (χ3v) is 12.6. The average molecular weight is 470 g/mol. The van der Waals surface area contributed by atoms with Crippen LogP contribution in [0.3, 0.4) is 0 Å². The van der Waals surface area contributed by atoms with Crippen LogP contribution in [0.15, 0.2) is 60.7 Å². The number of nitrogens with zero attached hydrogens (tertiary/aromatic N) is 4. The van der Waals surface area contributed by atoms with Gasteiger partial charge in [-0.3, -0.25) is 0 Å². The minimum Gasteiger partial charge on any atom is -0.241 e. The van der Waals surface area contributed by atoms with Gasteiger partial charge in [-0.05, 0) is 68.0 Å². The van der Waals surface area contributed by atoms with E-state index in [-0.39, 0.29) is 11.9 Å². The molecule has 0 aliphatic carbocycles. The van der Waals surface area contributed by atoms with Gasteiger partial charge in [-0.2, -0.15) is 0 Å². The van der Waals surface area contributed by atoms with Gasteiger partial charge in [0, 0.05) is 36.8 Å². The van der Waals surface area contributed by atoms with E-state index in [0.29, 0.717) is 24.2 Å². The molecule has 3 rings (SSSR count). The van der Waals surface area contributed by atoms with Gasteiger partial charge in [0.25, 0.3) is 7.71 Å². The van der Waals surface area contributed by atoms with Gasteiger partial charge in [-0.15, -0.1) is 14.0 Å². The minimum atomic E-state index is -2.07. The van der Waals surface area contributed by atoms with Gasteiger partial charge < -0.3 is 0 Å². The molecule has 0 bridgehead atoms. The second kappa shape index (κ2) is 10.5. The molecule has 1 saturated heterocycles. The fourth-order valence-corrected chi connectivity index (χ4v) is 12.6. The van der Waals surface area contributed by atoms with Crippen molar-refractivity contribution in [3.05, 3.63) is 71.8 Å². The maximum absolute atomic E-state index is 2.87. The molecule has 2 unspecified atom stereocenters. The lowest BCUT2D eigenvalue weighted by atomic mass is 10.1. The molecule has 0 saturated carbocycles. The van der Waals surface area contributed by atoms with Crippen LogP contribution in [0.25, 0.3) is 0 Å². The first-order valence-electron chi connectivity index (χ1n) is 12.6. The SMILES string of the molecule is CC(C)N(C(C)C)[P+]1(N(C(C)C)C(C)C)C(c2ccccc2)N(C)C(c2ccccc2)N1C. The second-order valence-corrected chi connectivity index (χ2v) is 13.8. The van der Waals surface area contributed by atoms with Crippen LogP contribution in [-0.4, -0.2) is 57.2 Å². The van der Waals surface area contributed by atoms with Gasteiger partial charge in [-0.1, -0.05) is 60.7 Å². The van der Waals surface area contributed by atoms with Crippen molar-refractivity contribution in [1.82, 2.24) is 18.9 Å². The van der Waals surface area contributed by atoms with E-state index in [1.165, 1.54) is 11.1 Å². The van der Waals surface area contributed by atoms with E-state index in [1.54, 1.807) is 0 Å². The zero-order valence-electron chi connectivity index (χ0n) is 22.5. The summed E-state index contributed by atoms with van der Waals surface area (Å²) in [6.45, 7) is 19.1. The molecular formula is C28H46N4P+. The Balaban J connectivity index is 2.41. The van der Waals surface area contributed by atoms with Crippen molar-refractivity contribution < 1.29 is 0 Å². The van der Waals surface area contributed by atoms with Crippen LogP contribution in [0.1, 0.15) is 78.5 Å². The van der Waals surface area contributed by atoms with E-state index in [1.807, 2.05) is 0 Å². The summed E-state index contributed by atoms with van der Waals surface area (Å²) in [5.74, 6) is 0.281. The van der Waals surface area contributed by atoms with E-state index >= 15 is 0 Å². The first-order valence-corrected chi connectivity index (χ1v) is 14.3. The smallest absolute Gasteiger partial charge is 0.241 e. The summed E-state index contributed by atoms with van der Waals surface area (Å²) in [4.78, 5) is 2.65. The highest BCUT2D eigenvalue weighted by Crippen LogP contribution is 2.84. The van der Waals surface area contributed by atoms with Crippen molar-refractivity contribution >= 4 is 7.71 Å². The third kappa shape index (κ3) is 4.54. The zero-order chi connectivity index (χ0) is 24.5. The summed E-state index contributed by atoms with van der Waals surface area (Å²) in [6.07, 6.45) is 0.213. The Morgan fingerprint density at radius 2 is 0.970 bits per heavy atom. The number of benzene rings is 2. The molecule has 0 spiro atoms. The Kier molecular flexibility index (Phi) is 8.41. The van der Waals surface area contributed by atoms with E-state index in [9.17, 15) is 0 Å². The van der Waals surface area contributed by atoms with Crippen LogP contribution < -0.4 is 0 Å². The highest BCUT2D eigenvalue weighted by molar-refractivity contribution is 7.69. The molecule has 2 atom stereocenters. The van der Waals surface area contributed by atoms with E-state index in [2.05, 4.69) is 149 Å². The molecule has 182 valence electrons. The van der Waals surface area contributed by atoms with Crippen LogP contribution in [-0.2, 0) is 0 Å². The topological polar surface area (TPSA) is 13.0 Å². The summed E-state index contributed by atoms with van der Waals surface area (Å²) in [5.41, 5.74) is 2.78. The molecular weight excluding hydrogens is 423 g/mol. The first kappa shape index (κ1) is 26.3. The highest BCUT2D eigenvalue weighted by atomic mass is 31.2. The molecule has 0 aromatic heterocycles. The van der Waals surface area contributed by atoms with Crippen LogP contribution in [0, 0.1) is 0 Å². The number of hydrogen-bond donors (Lipinski definition) is 0. The summed E-state index contributed by atoms with van der Waals surface area (Å²) < 4.78 is 8.49. The molecule has 33 heavy (non-hydrogen) atoms. The number of hydrogen-bond acceptors (Lipinski definition) is 4. The molecule has 2 aromatic carbocycles. The normalized spacial score (nSPS) is 22.1. The Morgan fingerprint density at radius 3 is 1.33 bits per heavy atom. The van der Waals surface area contributed by atoms with Gasteiger partial charge >= 0.3 is 0 Å². The minimum absolute atomic E-state index is 0.213. The predicted molar refractivity (Wildman–Crippen MR) is 145 cm³/mol. The zero-order valence-corrected chi connectivity index (χ0v) is 23.4. The van der Waals surface area contributed by atoms with E-state index in [0.717, 1.165) is 0 Å². The summed E-state index contributed by atoms with van der Waals surface area (Å²) in [6, 6.07) is 24.0. The molecule has 0 amide bonds. The van der Waals surface area contributed by atoms with Gasteiger partial charge in [0.15, 0.2) is 5.78 Å². The van der Waals surface area contributed by atoms with Gasteiger partial charge in [0.05, 0.1) is 0 Å². The van der Waals surface area contributed by atoms with Crippen LogP contribution in [0.4, 0.5) is 0 Å². The predicted octanol–water partition coefficient (Wildman–Crippen LogP) is 7.26. The second-order valence-electron chi connectivity index (χ2n) is 10.6.